The monoisotopic (exact) mass is 517 g/mol. The van der Waals surface area contributed by atoms with Crippen LogP contribution < -0.4 is 0 Å². The molecule has 190 valence electrons. The van der Waals surface area contributed by atoms with E-state index in [0.29, 0.717) is 10.8 Å². The van der Waals surface area contributed by atoms with Gasteiger partial charge in [0.05, 0.1) is 10.4 Å². The first-order chi connectivity index (χ1) is 18.2. The second-order valence-corrected chi connectivity index (χ2v) is 12.2. The molecule has 0 fully saturated rings. The van der Waals surface area contributed by atoms with Crippen LogP contribution in [0, 0.1) is 6.92 Å². The summed E-state index contributed by atoms with van der Waals surface area (Å²) in [7, 11) is -3.26. The summed E-state index contributed by atoms with van der Waals surface area (Å²) in [5, 5.41) is 1.14. The Kier molecular flexibility index (Phi) is 7.00. The number of sulfone groups is 1. The number of aryl methyl sites for hydroxylation is 1. The number of nitrogens with zero attached hydrogens (tertiary/aromatic N) is 1. The third-order valence-corrected chi connectivity index (χ3v) is 7.99. The maximum Gasteiger partial charge on any atom is 0.175 e. The summed E-state index contributed by atoms with van der Waals surface area (Å²) in [5.74, 6) is 0.407. The smallest absolute Gasteiger partial charge is 0.175 e. The van der Waals surface area contributed by atoms with Crippen LogP contribution in [-0.4, -0.2) is 19.7 Å². The van der Waals surface area contributed by atoms with Gasteiger partial charge in [0.25, 0.3) is 0 Å². The van der Waals surface area contributed by atoms with Crippen molar-refractivity contribution in [1.82, 2.24) is 4.98 Å². The molecule has 0 aliphatic heterocycles. The number of benzene rings is 4. The number of fused-ring (bicyclic) bond motifs is 1. The Bertz CT molecular complexity index is 1750. The molecule has 0 aliphatic carbocycles. The van der Waals surface area contributed by atoms with E-state index in [4.69, 9.17) is 4.98 Å². The largest absolute Gasteiger partial charge is 0.256 e. The number of hydrogen-bond acceptors (Lipinski definition) is 3. The molecule has 0 saturated heterocycles. The van der Waals surface area contributed by atoms with E-state index in [2.05, 4.69) is 93.6 Å². The minimum Gasteiger partial charge on any atom is -0.256 e. The molecule has 5 rings (SSSR count). The highest BCUT2D eigenvalue weighted by atomic mass is 32.2. The molecule has 0 radical (unpaired) electrons. The van der Waals surface area contributed by atoms with Crippen molar-refractivity contribution < 1.29 is 8.42 Å². The molecular formula is C34H31NO2S. The Morgan fingerprint density at radius 2 is 1.50 bits per heavy atom. The van der Waals surface area contributed by atoms with Gasteiger partial charge in [-0.05, 0) is 88.7 Å². The molecule has 3 nitrogen and oxygen atoms in total. The summed E-state index contributed by atoms with van der Waals surface area (Å²) >= 11 is 0. The maximum atomic E-state index is 12.0. The second kappa shape index (κ2) is 10.4. The summed E-state index contributed by atoms with van der Waals surface area (Å²) in [6, 6.07) is 32.7. The highest BCUT2D eigenvalue weighted by Crippen LogP contribution is 2.33. The molecule has 4 aromatic carbocycles. The van der Waals surface area contributed by atoms with Crippen LogP contribution in [-0.2, 0) is 9.84 Å². The normalized spacial score (nSPS) is 12.3. The Hall–Kier alpha value is -4.02. The SMILES string of the molecule is Cc1ccc(/C(=C/c2cccc(-c3cc(C(C)C)cc4cccnc34)c2)c2ccc(S(C)(=O)=O)cc2)cc1. The van der Waals surface area contributed by atoms with Crippen LogP contribution >= 0.6 is 0 Å². The lowest BCUT2D eigenvalue weighted by Gasteiger charge is -2.14. The van der Waals surface area contributed by atoms with Gasteiger partial charge in [-0.25, -0.2) is 8.42 Å². The average molecular weight is 518 g/mol. The molecule has 38 heavy (non-hydrogen) atoms. The van der Waals surface area contributed by atoms with E-state index in [-0.39, 0.29) is 0 Å². The van der Waals surface area contributed by atoms with Crippen molar-refractivity contribution in [3.05, 3.63) is 131 Å². The average Bonchev–Trinajstić information content (AvgIpc) is 2.91. The minimum atomic E-state index is -3.26. The van der Waals surface area contributed by atoms with Crippen molar-refractivity contribution in [2.24, 2.45) is 0 Å². The lowest BCUT2D eigenvalue weighted by molar-refractivity contribution is 0.602. The Labute approximate surface area is 225 Å². The van der Waals surface area contributed by atoms with Crippen LogP contribution in [0.15, 0.2) is 108 Å². The maximum absolute atomic E-state index is 12.0. The van der Waals surface area contributed by atoms with Crippen molar-refractivity contribution in [3.63, 3.8) is 0 Å². The molecule has 1 aromatic heterocycles. The number of rotatable bonds is 6. The van der Waals surface area contributed by atoms with Crippen molar-refractivity contribution in [2.75, 3.05) is 6.26 Å². The van der Waals surface area contributed by atoms with Gasteiger partial charge in [-0.15, -0.1) is 0 Å². The fourth-order valence-corrected chi connectivity index (χ4v) is 5.31. The minimum absolute atomic E-state index is 0.316. The molecular weight excluding hydrogens is 486 g/mol. The highest BCUT2D eigenvalue weighted by Gasteiger charge is 2.12. The van der Waals surface area contributed by atoms with Crippen LogP contribution in [0.2, 0.25) is 0 Å². The van der Waals surface area contributed by atoms with E-state index in [1.165, 1.54) is 17.4 Å². The van der Waals surface area contributed by atoms with E-state index < -0.39 is 9.84 Å². The van der Waals surface area contributed by atoms with Crippen LogP contribution in [0.3, 0.4) is 0 Å². The zero-order chi connectivity index (χ0) is 26.9. The van der Waals surface area contributed by atoms with Gasteiger partial charge in [-0.1, -0.05) is 80.1 Å². The molecule has 0 spiro atoms. The summed E-state index contributed by atoms with van der Waals surface area (Å²) < 4.78 is 24.0. The van der Waals surface area contributed by atoms with Gasteiger partial charge >= 0.3 is 0 Å². The highest BCUT2D eigenvalue weighted by molar-refractivity contribution is 7.90. The third-order valence-electron chi connectivity index (χ3n) is 6.86. The molecule has 0 amide bonds. The van der Waals surface area contributed by atoms with E-state index in [1.54, 1.807) is 12.1 Å². The predicted octanol–water partition coefficient (Wildman–Crippen LogP) is 8.33. The fraction of sp³-hybridized carbons (Fsp3) is 0.147. The van der Waals surface area contributed by atoms with Gasteiger partial charge in [0, 0.05) is 23.4 Å². The standard InChI is InChI=1S/C34H31NO2S/c1-23(2)30-21-29-9-6-18-35-34(29)33(22-30)28-8-5-7-25(19-28)20-32(26-12-10-24(3)11-13-26)27-14-16-31(17-15-27)38(4,36)37/h5-23H,1-4H3/b32-20-. The van der Waals surface area contributed by atoms with Gasteiger partial charge in [0.2, 0.25) is 0 Å². The van der Waals surface area contributed by atoms with Crippen LogP contribution in [0.5, 0.6) is 0 Å². The zero-order valence-electron chi connectivity index (χ0n) is 22.1. The topological polar surface area (TPSA) is 47.0 Å². The molecule has 0 aliphatic rings. The summed E-state index contributed by atoms with van der Waals surface area (Å²) in [4.78, 5) is 5.03. The molecule has 0 bridgehead atoms. The van der Waals surface area contributed by atoms with Gasteiger partial charge in [-0.2, -0.15) is 0 Å². The summed E-state index contributed by atoms with van der Waals surface area (Å²) in [6.45, 7) is 6.49. The first kappa shape index (κ1) is 25.6. The van der Waals surface area contributed by atoms with E-state index in [0.717, 1.165) is 44.3 Å². The zero-order valence-corrected chi connectivity index (χ0v) is 23.0. The lowest BCUT2D eigenvalue weighted by Crippen LogP contribution is -1.97. The van der Waals surface area contributed by atoms with Crippen molar-refractivity contribution >= 4 is 32.4 Å². The van der Waals surface area contributed by atoms with Gasteiger partial charge in [-0.3, -0.25) is 4.98 Å². The molecule has 5 aromatic rings. The van der Waals surface area contributed by atoms with Crippen LogP contribution in [0.25, 0.3) is 33.7 Å². The Morgan fingerprint density at radius 1 is 0.816 bits per heavy atom. The molecule has 0 N–H and O–H groups in total. The molecule has 0 atom stereocenters. The second-order valence-electron chi connectivity index (χ2n) is 10.1. The third kappa shape index (κ3) is 5.46. The van der Waals surface area contributed by atoms with Crippen molar-refractivity contribution in [3.8, 4) is 11.1 Å². The van der Waals surface area contributed by atoms with Gasteiger partial charge in [0.1, 0.15) is 0 Å². The lowest BCUT2D eigenvalue weighted by atomic mass is 9.92. The van der Waals surface area contributed by atoms with E-state index in [9.17, 15) is 8.42 Å². The molecule has 1 heterocycles. The van der Waals surface area contributed by atoms with Gasteiger partial charge in [0.15, 0.2) is 9.84 Å². The Morgan fingerprint density at radius 3 is 2.16 bits per heavy atom. The number of aromatic nitrogens is 1. The molecule has 0 saturated carbocycles. The molecule has 0 unspecified atom stereocenters. The number of hydrogen-bond donors (Lipinski definition) is 0. The van der Waals surface area contributed by atoms with E-state index in [1.807, 2.05) is 24.4 Å². The first-order valence-electron chi connectivity index (χ1n) is 12.8. The molecule has 4 heteroatoms. The van der Waals surface area contributed by atoms with Crippen molar-refractivity contribution in [1.29, 1.82) is 0 Å². The van der Waals surface area contributed by atoms with Crippen LogP contribution in [0.4, 0.5) is 0 Å². The number of pyridine rings is 1. The van der Waals surface area contributed by atoms with Crippen molar-refractivity contribution in [2.45, 2.75) is 31.6 Å². The van der Waals surface area contributed by atoms with Gasteiger partial charge < -0.3 is 0 Å². The predicted molar refractivity (Wildman–Crippen MR) is 159 cm³/mol. The van der Waals surface area contributed by atoms with Crippen LogP contribution in [0.1, 0.15) is 47.6 Å². The summed E-state index contributed by atoms with van der Waals surface area (Å²) in [5.41, 5.74) is 9.82. The quantitative estimate of drug-likeness (QED) is 0.213. The first-order valence-corrected chi connectivity index (χ1v) is 14.7. The summed E-state index contributed by atoms with van der Waals surface area (Å²) in [6.07, 6.45) is 5.25. The Balaban J connectivity index is 1.66. The fourth-order valence-electron chi connectivity index (χ4n) is 4.68. The van der Waals surface area contributed by atoms with E-state index >= 15 is 0 Å².